The number of nitrogens with one attached hydrogen (secondary N) is 2. The third-order valence-corrected chi connectivity index (χ3v) is 4.44. The van der Waals surface area contributed by atoms with E-state index in [0.717, 1.165) is 38.3 Å². The molecular formula is C18H23F6N3O5. The number of aromatic nitrogens is 1. The van der Waals surface area contributed by atoms with Crippen molar-refractivity contribution in [1.82, 2.24) is 10.3 Å². The van der Waals surface area contributed by atoms with Crippen LogP contribution < -0.4 is 10.6 Å². The highest BCUT2D eigenvalue weighted by Gasteiger charge is 2.40. The van der Waals surface area contributed by atoms with E-state index in [4.69, 9.17) is 24.5 Å². The van der Waals surface area contributed by atoms with Gasteiger partial charge in [0.2, 0.25) is 0 Å². The van der Waals surface area contributed by atoms with E-state index in [0.29, 0.717) is 6.10 Å². The molecule has 2 fully saturated rings. The summed E-state index contributed by atoms with van der Waals surface area (Å²) in [6.07, 6.45) is -3.24. The van der Waals surface area contributed by atoms with Crippen LogP contribution in [-0.2, 0) is 14.3 Å². The second kappa shape index (κ2) is 11.9. The van der Waals surface area contributed by atoms with E-state index in [-0.39, 0.29) is 5.60 Å². The Morgan fingerprint density at radius 3 is 2.16 bits per heavy atom. The number of anilines is 1. The minimum atomic E-state index is -5.08. The number of aliphatic carboxylic acids is 2. The maximum Gasteiger partial charge on any atom is 0.490 e. The van der Waals surface area contributed by atoms with Crippen LogP contribution in [0.5, 0.6) is 0 Å². The SMILES string of the molecule is O=C(O)C(F)(F)F.O=C(O)C(F)(F)F.c1ccc(NC[C@H]2CCC[C@]3(CCNC3)O2)nc1. The van der Waals surface area contributed by atoms with Crippen LogP contribution in [0.1, 0.15) is 25.7 Å². The molecule has 0 amide bonds. The van der Waals surface area contributed by atoms with Crippen molar-refractivity contribution in [3.8, 4) is 0 Å². The van der Waals surface area contributed by atoms with Crippen LogP contribution in [0.4, 0.5) is 32.2 Å². The van der Waals surface area contributed by atoms with Crippen molar-refractivity contribution >= 4 is 17.8 Å². The summed E-state index contributed by atoms with van der Waals surface area (Å²) in [7, 11) is 0. The fraction of sp³-hybridized carbons (Fsp3) is 0.611. The maximum absolute atomic E-state index is 10.6. The average molecular weight is 475 g/mol. The number of nitrogens with zero attached hydrogens (tertiary/aromatic N) is 1. The van der Waals surface area contributed by atoms with Crippen LogP contribution in [0.25, 0.3) is 0 Å². The van der Waals surface area contributed by atoms with Crippen LogP contribution in [0.3, 0.4) is 0 Å². The number of alkyl halides is 6. The molecule has 32 heavy (non-hydrogen) atoms. The minimum absolute atomic E-state index is 0.120. The van der Waals surface area contributed by atoms with E-state index in [9.17, 15) is 26.3 Å². The summed E-state index contributed by atoms with van der Waals surface area (Å²) in [6.45, 7) is 2.98. The van der Waals surface area contributed by atoms with E-state index in [1.165, 1.54) is 12.8 Å². The van der Waals surface area contributed by atoms with Crippen molar-refractivity contribution in [2.45, 2.75) is 49.7 Å². The summed E-state index contributed by atoms with van der Waals surface area (Å²) in [5, 5.41) is 21.0. The summed E-state index contributed by atoms with van der Waals surface area (Å²) >= 11 is 0. The standard InChI is InChI=1S/C14H21N3O.2C2HF3O2/c1-2-8-16-13(5-1)17-10-12-4-3-6-14(18-12)7-9-15-11-14;2*3-2(4,5)1(6)7/h1-2,5,8,12,15H,3-4,6-7,9-11H2,(H,16,17);2*(H,6,7)/t12-,14-;;/m1../s1. The van der Waals surface area contributed by atoms with Gasteiger partial charge in [0.15, 0.2) is 0 Å². The lowest BCUT2D eigenvalue weighted by Gasteiger charge is -2.38. The molecule has 14 heteroatoms. The van der Waals surface area contributed by atoms with Gasteiger partial charge in [-0.1, -0.05) is 6.07 Å². The van der Waals surface area contributed by atoms with Gasteiger partial charge in [-0.3, -0.25) is 0 Å². The van der Waals surface area contributed by atoms with E-state index in [1.807, 2.05) is 24.4 Å². The molecule has 8 nitrogen and oxygen atoms in total. The number of carboxylic acids is 2. The summed E-state index contributed by atoms with van der Waals surface area (Å²) in [4.78, 5) is 22.1. The lowest BCUT2D eigenvalue weighted by molar-refractivity contribution is -0.193. The molecule has 0 bridgehead atoms. The van der Waals surface area contributed by atoms with Gasteiger partial charge >= 0.3 is 24.3 Å². The molecule has 2 aliphatic heterocycles. The third kappa shape index (κ3) is 10.1. The molecular weight excluding hydrogens is 452 g/mol. The van der Waals surface area contributed by atoms with Gasteiger partial charge in [0.1, 0.15) is 5.82 Å². The quantitative estimate of drug-likeness (QED) is 0.493. The van der Waals surface area contributed by atoms with Gasteiger partial charge in [0.25, 0.3) is 0 Å². The summed E-state index contributed by atoms with van der Waals surface area (Å²) in [6, 6.07) is 5.93. The third-order valence-electron chi connectivity index (χ3n) is 4.44. The van der Waals surface area contributed by atoms with E-state index in [2.05, 4.69) is 15.6 Å². The minimum Gasteiger partial charge on any atom is -0.475 e. The molecule has 0 aromatic carbocycles. The Kier molecular flexibility index (Phi) is 10.2. The smallest absolute Gasteiger partial charge is 0.475 e. The number of hydrogen-bond acceptors (Lipinski definition) is 6. The van der Waals surface area contributed by atoms with Crippen molar-refractivity contribution in [1.29, 1.82) is 0 Å². The lowest BCUT2D eigenvalue weighted by Crippen LogP contribution is -2.44. The Labute approximate surface area is 179 Å². The molecule has 4 N–H and O–H groups in total. The Balaban J connectivity index is 0.000000305. The number of hydrogen-bond donors (Lipinski definition) is 4. The molecule has 1 aromatic rings. The first-order valence-corrected chi connectivity index (χ1v) is 9.39. The summed E-state index contributed by atoms with van der Waals surface area (Å²) in [5.74, 6) is -4.58. The molecule has 1 spiro atoms. The average Bonchev–Trinajstić information content (AvgIpc) is 3.14. The second-order valence-electron chi connectivity index (χ2n) is 6.94. The Hall–Kier alpha value is -2.61. The molecule has 0 radical (unpaired) electrons. The van der Waals surface area contributed by atoms with Crippen LogP contribution in [-0.4, -0.2) is 70.8 Å². The number of carboxylic acid groups (broad SMARTS) is 2. The molecule has 2 aliphatic rings. The normalized spacial score (nSPS) is 22.8. The van der Waals surface area contributed by atoms with E-state index >= 15 is 0 Å². The lowest BCUT2D eigenvalue weighted by atomic mass is 9.90. The highest BCUT2D eigenvalue weighted by Crippen LogP contribution is 2.33. The van der Waals surface area contributed by atoms with Gasteiger partial charge in [0, 0.05) is 19.3 Å². The molecule has 0 saturated carbocycles. The first kappa shape index (κ1) is 27.4. The number of halogens is 6. The van der Waals surface area contributed by atoms with Crippen LogP contribution in [0, 0.1) is 0 Å². The van der Waals surface area contributed by atoms with Gasteiger partial charge in [-0.25, -0.2) is 14.6 Å². The van der Waals surface area contributed by atoms with Gasteiger partial charge in [-0.15, -0.1) is 0 Å². The van der Waals surface area contributed by atoms with Gasteiger partial charge < -0.3 is 25.6 Å². The first-order valence-electron chi connectivity index (χ1n) is 9.39. The highest BCUT2D eigenvalue weighted by molar-refractivity contribution is 5.73. The molecule has 3 rings (SSSR count). The van der Waals surface area contributed by atoms with Crippen molar-refractivity contribution < 1.29 is 50.9 Å². The fourth-order valence-electron chi connectivity index (χ4n) is 2.99. The topological polar surface area (TPSA) is 121 Å². The Bertz CT molecular complexity index is 700. The molecule has 2 saturated heterocycles. The number of ether oxygens (including phenoxy) is 1. The molecule has 182 valence electrons. The largest absolute Gasteiger partial charge is 0.490 e. The molecule has 2 atom stereocenters. The predicted octanol–water partition coefficient (Wildman–Crippen LogP) is 3.06. The predicted molar refractivity (Wildman–Crippen MR) is 99.1 cm³/mol. The Morgan fingerprint density at radius 1 is 1.12 bits per heavy atom. The molecule has 3 heterocycles. The summed E-state index contributed by atoms with van der Waals surface area (Å²) in [5.41, 5.74) is 0.120. The summed E-state index contributed by atoms with van der Waals surface area (Å²) < 4.78 is 69.8. The van der Waals surface area contributed by atoms with Gasteiger partial charge in [-0.2, -0.15) is 26.3 Å². The molecule has 0 unspecified atom stereocenters. The second-order valence-corrected chi connectivity index (χ2v) is 6.94. The Morgan fingerprint density at radius 2 is 1.72 bits per heavy atom. The van der Waals surface area contributed by atoms with Crippen molar-refractivity contribution in [3.63, 3.8) is 0 Å². The maximum atomic E-state index is 10.6. The van der Waals surface area contributed by atoms with Gasteiger partial charge in [0.05, 0.1) is 11.7 Å². The van der Waals surface area contributed by atoms with Crippen LogP contribution in [0.2, 0.25) is 0 Å². The number of carbonyl (C=O) groups is 2. The first-order chi connectivity index (χ1) is 14.8. The number of rotatable bonds is 3. The van der Waals surface area contributed by atoms with Crippen molar-refractivity contribution in [3.05, 3.63) is 24.4 Å². The number of pyridine rings is 1. The monoisotopic (exact) mass is 475 g/mol. The van der Waals surface area contributed by atoms with E-state index < -0.39 is 24.3 Å². The molecule has 0 aliphatic carbocycles. The fourth-order valence-corrected chi connectivity index (χ4v) is 2.99. The zero-order valence-electron chi connectivity index (χ0n) is 16.7. The van der Waals surface area contributed by atoms with Crippen molar-refractivity contribution in [2.75, 3.05) is 25.0 Å². The van der Waals surface area contributed by atoms with E-state index in [1.54, 1.807) is 0 Å². The van der Waals surface area contributed by atoms with Crippen LogP contribution in [0.15, 0.2) is 24.4 Å². The zero-order chi connectivity index (χ0) is 24.4. The van der Waals surface area contributed by atoms with Crippen LogP contribution >= 0.6 is 0 Å². The highest BCUT2D eigenvalue weighted by atomic mass is 19.4. The van der Waals surface area contributed by atoms with Gasteiger partial charge in [-0.05, 0) is 44.4 Å². The zero-order valence-corrected chi connectivity index (χ0v) is 16.7. The molecule has 1 aromatic heterocycles. The van der Waals surface area contributed by atoms with Crippen molar-refractivity contribution in [2.24, 2.45) is 0 Å².